The molecular weight excluding hydrogens is 298 g/mol. The molecule has 0 saturated carbocycles. The molecule has 0 radical (unpaired) electrons. The van der Waals surface area contributed by atoms with Gasteiger partial charge < -0.3 is 11.1 Å². The highest BCUT2D eigenvalue weighted by atomic mass is 16.2. The summed E-state index contributed by atoms with van der Waals surface area (Å²) in [5, 5.41) is 3.26. The van der Waals surface area contributed by atoms with Gasteiger partial charge in [-0.25, -0.2) is 0 Å². The lowest BCUT2D eigenvalue weighted by atomic mass is 9.81. The number of hydrogen-bond donors (Lipinski definition) is 2. The molecule has 0 atom stereocenters. The van der Waals surface area contributed by atoms with Crippen LogP contribution in [-0.2, 0) is 11.3 Å². The van der Waals surface area contributed by atoms with Gasteiger partial charge >= 0.3 is 0 Å². The number of amides is 1. The second-order valence-electron chi connectivity index (χ2n) is 7.14. The van der Waals surface area contributed by atoms with E-state index < -0.39 is 5.41 Å². The first-order valence-corrected chi connectivity index (χ1v) is 9.32. The third-order valence-corrected chi connectivity index (χ3v) is 5.80. The SMILES string of the molecule is CCC(CC)(CN)C(=O)NC1CCN(Cc2ccccc2C)CC1. The van der Waals surface area contributed by atoms with Gasteiger partial charge in [-0.2, -0.15) is 0 Å². The fraction of sp³-hybridized carbons (Fsp3) is 0.650. The summed E-state index contributed by atoms with van der Waals surface area (Å²) in [6, 6.07) is 8.86. The Morgan fingerprint density at radius 1 is 1.25 bits per heavy atom. The van der Waals surface area contributed by atoms with Gasteiger partial charge in [0.05, 0.1) is 5.41 Å². The molecule has 0 spiro atoms. The summed E-state index contributed by atoms with van der Waals surface area (Å²) in [5.41, 5.74) is 8.25. The Labute approximate surface area is 146 Å². The molecular formula is C20H33N3O. The third-order valence-electron chi connectivity index (χ3n) is 5.80. The molecule has 1 heterocycles. The van der Waals surface area contributed by atoms with E-state index >= 15 is 0 Å². The lowest BCUT2D eigenvalue weighted by Crippen LogP contribution is -2.51. The van der Waals surface area contributed by atoms with Gasteiger partial charge in [-0.3, -0.25) is 9.69 Å². The molecule has 1 fully saturated rings. The highest BCUT2D eigenvalue weighted by Gasteiger charge is 2.35. The number of benzene rings is 1. The molecule has 1 aromatic carbocycles. The maximum Gasteiger partial charge on any atom is 0.227 e. The predicted molar refractivity (Wildman–Crippen MR) is 99.7 cm³/mol. The number of carbonyl (C=O) groups excluding carboxylic acids is 1. The Kier molecular flexibility index (Phi) is 6.81. The Morgan fingerprint density at radius 3 is 2.42 bits per heavy atom. The lowest BCUT2D eigenvalue weighted by Gasteiger charge is -2.36. The van der Waals surface area contributed by atoms with Crippen molar-refractivity contribution in [3.8, 4) is 0 Å². The second kappa shape index (κ2) is 8.63. The molecule has 4 heteroatoms. The van der Waals surface area contributed by atoms with Crippen LogP contribution < -0.4 is 11.1 Å². The number of nitrogens with two attached hydrogens (primary N) is 1. The van der Waals surface area contributed by atoms with E-state index in [-0.39, 0.29) is 11.9 Å². The van der Waals surface area contributed by atoms with E-state index in [4.69, 9.17) is 5.73 Å². The Bertz CT molecular complexity index is 523. The van der Waals surface area contributed by atoms with Crippen molar-refractivity contribution in [2.24, 2.45) is 11.1 Å². The minimum absolute atomic E-state index is 0.146. The summed E-state index contributed by atoms with van der Waals surface area (Å²) in [4.78, 5) is 15.1. The number of nitrogens with one attached hydrogen (secondary N) is 1. The van der Waals surface area contributed by atoms with Crippen molar-refractivity contribution in [2.45, 2.75) is 59.0 Å². The fourth-order valence-electron chi connectivity index (χ4n) is 3.55. The Hall–Kier alpha value is -1.39. The van der Waals surface area contributed by atoms with Crippen molar-refractivity contribution < 1.29 is 4.79 Å². The zero-order valence-electron chi connectivity index (χ0n) is 15.5. The summed E-state index contributed by atoms with van der Waals surface area (Å²) >= 11 is 0. The molecule has 1 saturated heterocycles. The Balaban J connectivity index is 1.84. The van der Waals surface area contributed by atoms with E-state index in [0.29, 0.717) is 6.54 Å². The third kappa shape index (κ3) is 4.37. The average molecular weight is 332 g/mol. The fourth-order valence-corrected chi connectivity index (χ4v) is 3.55. The first-order chi connectivity index (χ1) is 11.5. The van der Waals surface area contributed by atoms with Crippen molar-refractivity contribution in [2.75, 3.05) is 19.6 Å². The lowest BCUT2D eigenvalue weighted by molar-refractivity contribution is -0.132. The molecule has 0 aromatic heterocycles. The topological polar surface area (TPSA) is 58.4 Å². The van der Waals surface area contributed by atoms with Crippen LogP contribution in [0.4, 0.5) is 0 Å². The van der Waals surface area contributed by atoms with Gasteiger partial charge in [-0.05, 0) is 43.7 Å². The van der Waals surface area contributed by atoms with E-state index in [2.05, 4.69) is 55.3 Å². The van der Waals surface area contributed by atoms with Crippen LogP contribution in [0.1, 0.15) is 50.7 Å². The Morgan fingerprint density at radius 2 is 1.88 bits per heavy atom. The monoisotopic (exact) mass is 331 g/mol. The van der Waals surface area contributed by atoms with Crippen LogP contribution in [0.2, 0.25) is 0 Å². The first kappa shape index (κ1) is 18.9. The molecule has 4 nitrogen and oxygen atoms in total. The summed E-state index contributed by atoms with van der Waals surface area (Å²) in [6.07, 6.45) is 3.65. The van der Waals surface area contributed by atoms with E-state index in [1.807, 2.05) is 0 Å². The maximum atomic E-state index is 12.6. The van der Waals surface area contributed by atoms with Crippen LogP contribution in [0, 0.1) is 12.3 Å². The van der Waals surface area contributed by atoms with Gasteiger partial charge in [-0.15, -0.1) is 0 Å². The predicted octanol–water partition coefficient (Wildman–Crippen LogP) is 2.84. The van der Waals surface area contributed by atoms with Crippen molar-refractivity contribution in [3.63, 3.8) is 0 Å². The summed E-state index contributed by atoms with van der Waals surface area (Å²) in [6.45, 7) is 9.79. The number of hydrogen-bond acceptors (Lipinski definition) is 3. The molecule has 0 unspecified atom stereocenters. The number of nitrogens with zero attached hydrogens (tertiary/aromatic N) is 1. The van der Waals surface area contributed by atoms with Gasteiger partial charge in [-0.1, -0.05) is 38.1 Å². The minimum atomic E-state index is -0.391. The van der Waals surface area contributed by atoms with Crippen LogP contribution >= 0.6 is 0 Å². The molecule has 1 aliphatic heterocycles. The summed E-state index contributed by atoms with van der Waals surface area (Å²) < 4.78 is 0. The van der Waals surface area contributed by atoms with Crippen molar-refractivity contribution in [1.82, 2.24) is 10.2 Å². The molecule has 24 heavy (non-hydrogen) atoms. The molecule has 0 aliphatic carbocycles. The van der Waals surface area contributed by atoms with Gasteiger partial charge in [0.2, 0.25) is 5.91 Å². The van der Waals surface area contributed by atoms with Gasteiger partial charge in [0.25, 0.3) is 0 Å². The minimum Gasteiger partial charge on any atom is -0.353 e. The number of piperidine rings is 1. The average Bonchev–Trinajstić information content (AvgIpc) is 2.61. The highest BCUT2D eigenvalue weighted by Crippen LogP contribution is 2.26. The normalized spacial score (nSPS) is 17.0. The molecule has 1 aromatic rings. The van der Waals surface area contributed by atoms with E-state index in [1.54, 1.807) is 0 Å². The van der Waals surface area contributed by atoms with Crippen LogP contribution in [-0.4, -0.2) is 36.5 Å². The van der Waals surface area contributed by atoms with E-state index in [1.165, 1.54) is 11.1 Å². The van der Waals surface area contributed by atoms with Gasteiger partial charge in [0, 0.05) is 32.2 Å². The molecule has 1 amide bonds. The zero-order chi connectivity index (χ0) is 17.6. The van der Waals surface area contributed by atoms with Gasteiger partial charge in [0.15, 0.2) is 0 Å². The molecule has 3 N–H and O–H groups in total. The quantitative estimate of drug-likeness (QED) is 0.808. The molecule has 134 valence electrons. The smallest absolute Gasteiger partial charge is 0.227 e. The molecule has 2 rings (SSSR count). The number of likely N-dealkylation sites (tertiary alicyclic amines) is 1. The van der Waals surface area contributed by atoms with Crippen LogP contribution in [0.15, 0.2) is 24.3 Å². The highest BCUT2D eigenvalue weighted by molar-refractivity contribution is 5.83. The molecule has 0 bridgehead atoms. The summed E-state index contributed by atoms with van der Waals surface area (Å²) in [7, 11) is 0. The number of carbonyl (C=O) groups is 1. The first-order valence-electron chi connectivity index (χ1n) is 9.32. The van der Waals surface area contributed by atoms with Crippen LogP contribution in [0.3, 0.4) is 0 Å². The van der Waals surface area contributed by atoms with Crippen LogP contribution in [0.5, 0.6) is 0 Å². The van der Waals surface area contributed by atoms with Gasteiger partial charge in [0.1, 0.15) is 0 Å². The zero-order valence-corrected chi connectivity index (χ0v) is 15.5. The number of rotatable bonds is 7. The maximum absolute atomic E-state index is 12.6. The standard InChI is InChI=1S/C20H33N3O/c1-4-20(5-2,15-21)19(24)22-18-10-12-23(13-11-18)14-17-9-7-6-8-16(17)3/h6-9,18H,4-5,10-15,21H2,1-3H3,(H,22,24). The largest absolute Gasteiger partial charge is 0.353 e. The molecule has 1 aliphatic rings. The summed E-state index contributed by atoms with van der Waals surface area (Å²) in [5.74, 6) is 0.146. The van der Waals surface area contributed by atoms with Crippen LogP contribution in [0.25, 0.3) is 0 Å². The van der Waals surface area contributed by atoms with Crippen molar-refractivity contribution in [3.05, 3.63) is 35.4 Å². The number of aryl methyl sites for hydroxylation is 1. The van der Waals surface area contributed by atoms with Crippen molar-refractivity contribution in [1.29, 1.82) is 0 Å². The van der Waals surface area contributed by atoms with Crippen molar-refractivity contribution >= 4 is 5.91 Å². The second-order valence-corrected chi connectivity index (χ2v) is 7.14. The van der Waals surface area contributed by atoms with E-state index in [0.717, 1.165) is 45.3 Å². The van der Waals surface area contributed by atoms with E-state index in [9.17, 15) is 4.79 Å².